The zero-order valence-electron chi connectivity index (χ0n) is 6.05. The molecule has 0 unspecified atom stereocenters. The number of carbonyl (C=O) groups is 1. The van der Waals surface area contributed by atoms with E-state index in [1.54, 1.807) is 0 Å². The van der Waals surface area contributed by atoms with Crippen LogP contribution in [0.4, 0.5) is 0 Å². The summed E-state index contributed by atoms with van der Waals surface area (Å²) in [5.74, 6) is -0.178. The molecule has 0 aliphatic heterocycles. The minimum atomic E-state index is -0.178. The largest absolute Gasteiger partial charge is 0.296 e. The Bertz CT molecular complexity index is 158. The molecule has 0 rings (SSSR count). The summed E-state index contributed by atoms with van der Waals surface area (Å²) in [5.41, 5.74) is -0.0122. The average Bonchev–Trinajstić information content (AvgIpc) is 1.87. The second-order valence-corrected chi connectivity index (χ2v) is 2.04. The molecule has 0 spiro atoms. The van der Waals surface area contributed by atoms with Crippen LogP contribution in [-0.4, -0.2) is 29.3 Å². The van der Waals surface area contributed by atoms with Crippen LogP contribution in [-0.2, 0) is 4.79 Å². The molecule has 0 bridgehead atoms. The molecule has 0 saturated carbocycles. The van der Waals surface area contributed by atoms with Gasteiger partial charge in [-0.05, 0) is 6.42 Å². The maximum atomic E-state index is 10.8. The minimum Gasteiger partial charge on any atom is -0.296 e. The van der Waals surface area contributed by atoms with Crippen LogP contribution in [0.5, 0.6) is 0 Å². The van der Waals surface area contributed by atoms with Crippen molar-refractivity contribution in [2.45, 2.75) is 19.8 Å². The summed E-state index contributed by atoms with van der Waals surface area (Å²) in [6.07, 6.45) is 1.16. The number of hydrogen-bond donors (Lipinski definition) is 0. The normalized spacial score (nSPS) is 8.90. The van der Waals surface area contributed by atoms with Gasteiger partial charge in [0.15, 0.2) is 0 Å². The van der Waals surface area contributed by atoms with E-state index in [1.807, 2.05) is 6.92 Å². The Hall–Kier alpha value is -0.395. The minimum absolute atomic E-state index is 0.0122. The van der Waals surface area contributed by atoms with Gasteiger partial charge < -0.3 is 0 Å². The molecule has 46 valence electrons. The Kier molecular flexibility index (Phi) is 4.25. The van der Waals surface area contributed by atoms with Gasteiger partial charge in [-0.25, -0.2) is 0 Å². The lowest BCUT2D eigenvalue weighted by Crippen LogP contribution is -2.05. The first kappa shape index (κ1) is 9.60. The fourth-order valence-electron chi connectivity index (χ4n) is 0.523. The van der Waals surface area contributed by atoms with Crippen LogP contribution in [0.15, 0.2) is 10.8 Å². The standard InChI is InChI=1S/C6H7B3O/c1-2-3-4(10)5(7)6(8)9/h2-3H2,1H3. The molecule has 4 heteroatoms. The van der Waals surface area contributed by atoms with Crippen molar-refractivity contribution in [3.05, 3.63) is 10.8 Å². The molecule has 0 aromatic rings. The van der Waals surface area contributed by atoms with Crippen LogP contribution in [0.2, 0.25) is 0 Å². The molecule has 10 heavy (non-hydrogen) atoms. The maximum Gasteiger partial charge on any atom is 0.146 e. The zero-order valence-corrected chi connectivity index (χ0v) is 6.05. The first-order valence-corrected chi connectivity index (χ1v) is 3.13. The van der Waals surface area contributed by atoms with Gasteiger partial charge in [-0.1, -0.05) is 12.4 Å². The molecule has 0 aliphatic carbocycles. The van der Waals surface area contributed by atoms with Crippen LogP contribution < -0.4 is 0 Å². The van der Waals surface area contributed by atoms with Gasteiger partial charge in [0, 0.05) is 6.42 Å². The van der Waals surface area contributed by atoms with E-state index >= 15 is 0 Å². The number of Topliss-reactive ketones (excluding diaryl/α,β-unsaturated/α-hetero) is 1. The zero-order chi connectivity index (χ0) is 8.15. The molecule has 6 radical (unpaired) electrons. The predicted octanol–water partition coefficient (Wildman–Crippen LogP) is 0.0302. The second-order valence-electron chi connectivity index (χ2n) is 2.04. The maximum absolute atomic E-state index is 10.8. The molecule has 0 aliphatic rings. The number of carbonyl (C=O) groups excluding carboxylic acids is 1. The van der Waals surface area contributed by atoms with Crippen LogP contribution in [0.25, 0.3) is 0 Å². The summed E-state index contributed by atoms with van der Waals surface area (Å²) in [7, 11) is 15.4. The van der Waals surface area contributed by atoms with Gasteiger partial charge in [-0.15, -0.1) is 0 Å². The van der Waals surface area contributed by atoms with Crippen molar-refractivity contribution in [1.82, 2.24) is 0 Å². The highest BCUT2D eigenvalue weighted by Gasteiger charge is 2.01. The van der Waals surface area contributed by atoms with Gasteiger partial charge in [-0.3, -0.25) is 4.79 Å². The summed E-state index contributed by atoms with van der Waals surface area (Å²) in [4.78, 5) is 10.8. The van der Waals surface area contributed by atoms with E-state index in [4.69, 9.17) is 23.5 Å². The van der Waals surface area contributed by atoms with Crippen LogP contribution >= 0.6 is 0 Å². The molecule has 0 atom stereocenters. The van der Waals surface area contributed by atoms with E-state index in [0.717, 1.165) is 6.42 Å². The molecular weight excluding hydrogens is 121 g/mol. The van der Waals surface area contributed by atoms with E-state index in [2.05, 4.69) is 0 Å². The smallest absolute Gasteiger partial charge is 0.146 e. The van der Waals surface area contributed by atoms with Crippen molar-refractivity contribution >= 4 is 29.3 Å². The quantitative estimate of drug-likeness (QED) is 0.386. The third-order valence-corrected chi connectivity index (χ3v) is 1.09. The number of rotatable bonds is 3. The average molecular weight is 128 g/mol. The van der Waals surface area contributed by atoms with E-state index < -0.39 is 0 Å². The van der Waals surface area contributed by atoms with Crippen LogP contribution in [0, 0.1) is 0 Å². The third-order valence-electron chi connectivity index (χ3n) is 1.09. The van der Waals surface area contributed by atoms with Crippen molar-refractivity contribution in [3.63, 3.8) is 0 Å². The van der Waals surface area contributed by atoms with Crippen molar-refractivity contribution in [2.75, 3.05) is 0 Å². The molecule has 0 aromatic carbocycles. The highest BCUT2D eigenvalue weighted by Crippen LogP contribution is 1.99. The molecule has 0 saturated heterocycles. The number of hydrogen-bond acceptors (Lipinski definition) is 1. The molecule has 1 nitrogen and oxygen atoms in total. The molecule has 0 fully saturated rings. The summed E-state index contributed by atoms with van der Waals surface area (Å²) in [5, 5.41) is -0.0848. The van der Waals surface area contributed by atoms with Gasteiger partial charge >= 0.3 is 0 Å². The van der Waals surface area contributed by atoms with Crippen LogP contribution in [0.1, 0.15) is 19.8 Å². The fraction of sp³-hybridized carbons (Fsp3) is 0.500. The SMILES string of the molecule is [B]C([B])=C([B])C(=O)CCC. The number of allylic oxidation sites excluding steroid dienone is 1. The van der Waals surface area contributed by atoms with Crippen molar-refractivity contribution in [2.24, 2.45) is 0 Å². The van der Waals surface area contributed by atoms with Gasteiger partial charge in [-0.2, -0.15) is 5.37 Å². The first-order chi connectivity index (χ1) is 4.59. The van der Waals surface area contributed by atoms with Crippen LogP contribution in [0.3, 0.4) is 0 Å². The number of ketones is 1. The summed E-state index contributed by atoms with van der Waals surface area (Å²) in [6.45, 7) is 1.89. The van der Waals surface area contributed by atoms with E-state index in [-0.39, 0.29) is 16.6 Å². The Balaban J connectivity index is 4.09. The fourth-order valence-corrected chi connectivity index (χ4v) is 0.523. The molecule has 0 heterocycles. The Morgan fingerprint density at radius 3 is 2.10 bits per heavy atom. The summed E-state index contributed by atoms with van der Waals surface area (Å²) in [6, 6.07) is 0. The molecular formula is C6H7B3O. The highest BCUT2D eigenvalue weighted by molar-refractivity contribution is 6.55. The molecule has 0 aromatic heterocycles. The van der Waals surface area contributed by atoms with Crippen molar-refractivity contribution < 1.29 is 4.79 Å². The predicted molar refractivity (Wildman–Crippen MR) is 44.2 cm³/mol. The third kappa shape index (κ3) is 2.95. The van der Waals surface area contributed by atoms with E-state index in [9.17, 15) is 4.79 Å². The van der Waals surface area contributed by atoms with Crippen molar-refractivity contribution in [1.29, 1.82) is 0 Å². The topological polar surface area (TPSA) is 17.1 Å². The first-order valence-electron chi connectivity index (χ1n) is 3.13. The van der Waals surface area contributed by atoms with E-state index in [1.165, 1.54) is 0 Å². The Morgan fingerprint density at radius 2 is 1.80 bits per heavy atom. The monoisotopic (exact) mass is 128 g/mol. The summed E-state index contributed by atoms with van der Waals surface area (Å²) >= 11 is 0. The lowest BCUT2D eigenvalue weighted by molar-refractivity contribution is -0.115. The summed E-state index contributed by atoms with van der Waals surface area (Å²) < 4.78 is 0. The Morgan fingerprint density at radius 1 is 1.30 bits per heavy atom. The van der Waals surface area contributed by atoms with Gasteiger partial charge in [0.05, 0.1) is 15.7 Å². The Labute approximate surface area is 65.5 Å². The second kappa shape index (κ2) is 4.42. The molecule has 0 amide bonds. The van der Waals surface area contributed by atoms with Gasteiger partial charge in [0.1, 0.15) is 13.6 Å². The lowest BCUT2D eigenvalue weighted by Gasteiger charge is -2.01. The lowest BCUT2D eigenvalue weighted by atomic mass is 9.68. The van der Waals surface area contributed by atoms with E-state index in [0.29, 0.717) is 6.42 Å². The molecule has 0 N–H and O–H groups in total. The van der Waals surface area contributed by atoms with Gasteiger partial charge in [0.2, 0.25) is 0 Å². The van der Waals surface area contributed by atoms with Gasteiger partial charge in [0.25, 0.3) is 0 Å². The van der Waals surface area contributed by atoms with Crippen molar-refractivity contribution in [3.8, 4) is 0 Å². The highest BCUT2D eigenvalue weighted by atomic mass is 16.1.